The molecule has 1 aromatic heterocycles. The third kappa shape index (κ3) is 5.74. The van der Waals surface area contributed by atoms with E-state index in [9.17, 15) is 18.0 Å². The number of halogens is 4. The second-order valence-corrected chi connectivity index (χ2v) is 6.95. The fourth-order valence-electron chi connectivity index (χ4n) is 2.96. The second-order valence-electron chi connectivity index (χ2n) is 6.55. The monoisotopic (exact) mass is 392 g/mol. The largest absolute Gasteiger partial charge is 0.417 e. The number of rotatable bonds is 6. The maximum absolute atomic E-state index is 12.7. The van der Waals surface area contributed by atoms with Gasteiger partial charge in [0.15, 0.2) is 0 Å². The number of carbonyl (C=O) groups is 1. The molecule has 146 valence electrons. The van der Waals surface area contributed by atoms with Crippen molar-refractivity contribution in [3.05, 3.63) is 22.8 Å². The Labute approximate surface area is 156 Å². The number of nitrogens with one attached hydrogen (secondary N) is 1. The van der Waals surface area contributed by atoms with E-state index >= 15 is 0 Å². The SMILES string of the molecule is CCC[C@H](C)NC(=O)CN1CCN(c2ncc(C(F)(F)F)cc2Cl)CC1. The van der Waals surface area contributed by atoms with Gasteiger partial charge in [0.2, 0.25) is 5.91 Å². The Morgan fingerprint density at radius 3 is 2.54 bits per heavy atom. The molecular weight excluding hydrogens is 369 g/mol. The van der Waals surface area contributed by atoms with Crippen LogP contribution in [-0.2, 0) is 11.0 Å². The fourth-order valence-corrected chi connectivity index (χ4v) is 3.25. The Balaban J connectivity index is 1.87. The van der Waals surface area contributed by atoms with E-state index in [4.69, 9.17) is 11.6 Å². The predicted octanol–water partition coefficient (Wildman–Crippen LogP) is 3.18. The minimum Gasteiger partial charge on any atom is -0.353 e. The normalized spacial score (nSPS) is 17.2. The third-order valence-electron chi connectivity index (χ3n) is 4.32. The Kier molecular flexibility index (Phi) is 7.11. The lowest BCUT2D eigenvalue weighted by Crippen LogP contribution is -2.50. The smallest absolute Gasteiger partial charge is 0.353 e. The Morgan fingerprint density at radius 1 is 1.35 bits per heavy atom. The molecule has 0 radical (unpaired) electrons. The van der Waals surface area contributed by atoms with E-state index in [-0.39, 0.29) is 17.0 Å². The van der Waals surface area contributed by atoms with Gasteiger partial charge in [-0.15, -0.1) is 0 Å². The summed E-state index contributed by atoms with van der Waals surface area (Å²) < 4.78 is 38.1. The summed E-state index contributed by atoms with van der Waals surface area (Å²) in [6, 6.07) is 1.06. The Morgan fingerprint density at radius 2 is 2.00 bits per heavy atom. The number of piperazine rings is 1. The molecular formula is C17H24ClF3N4O. The molecule has 2 heterocycles. The number of anilines is 1. The van der Waals surface area contributed by atoms with Crippen molar-refractivity contribution in [1.29, 1.82) is 0 Å². The average Bonchev–Trinajstić information content (AvgIpc) is 2.55. The molecule has 1 aromatic rings. The number of nitrogens with zero attached hydrogens (tertiary/aromatic N) is 3. The molecule has 1 aliphatic heterocycles. The lowest BCUT2D eigenvalue weighted by atomic mass is 10.2. The summed E-state index contributed by atoms with van der Waals surface area (Å²) in [5, 5.41) is 2.95. The molecule has 2 rings (SSSR count). The molecule has 1 amide bonds. The van der Waals surface area contributed by atoms with E-state index in [2.05, 4.69) is 17.2 Å². The van der Waals surface area contributed by atoms with Crippen molar-refractivity contribution in [3.63, 3.8) is 0 Å². The van der Waals surface area contributed by atoms with E-state index in [0.29, 0.717) is 38.5 Å². The molecule has 0 saturated carbocycles. The summed E-state index contributed by atoms with van der Waals surface area (Å²) in [7, 11) is 0. The molecule has 1 N–H and O–H groups in total. The summed E-state index contributed by atoms with van der Waals surface area (Å²) in [5.74, 6) is 0.338. The number of hydrogen-bond donors (Lipinski definition) is 1. The van der Waals surface area contributed by atoms with Gasteiger partial charge in [-0.3, -0.25) is 9.69 Å². The van der Waals surface area contributed by atoms with Crippen molar-refractivity contribution in [1.82, 2.24) is 15.2 Å². The summed E-state index contributed by atoms with van der Waals surface area (Å²) in [6.07, 6.45) is -1.70. The summed E-state index contributed by atoms with van der Waals surface area (Å²) in [5.41, 5.74) is -0.859. The highest BCUT2D eigenvalue weighted by Crippen LogP contribution is 2.33. The van der Waals surface area contributed by atoms with Crippen molar-refractivity contribution < 1.29 is 18.0 Å². The van der Waals surface area contributed by atoms with Crippen molar-refractivity contribution in [2.45, 2.75) is 38.9 Å². The highest BCUT2D eigenvalue weighted by Gasteiger charge is 2.32. The maximum atomic E-state index is 12.7. The Hall–Kier alpha value is -1.54. The van der Waals surface area contributed by atoms with Crippen LogP contribution in [0.15, 0.2) is 12.3 Å². The Bertz CT molecular complexity index is 619. The highest BCUT2D eigenvalue weighted by molar-refractivity contribution is 6.33. The number of aromatic nitrogens is 1. The van der Waals surface area contributed by atoms with E-state index < -0.39 is 11.7 Å². The van der Waals surface area contributed by atoms with Gasteiger partial charge in [0.25, 0.3) is 0 Å². The van der Waals surface area contributed by atoms with Crippen LogP contribution in [0.4, 0.5) is 19.0 Å². The van der Waals surface area contributed by atoms with Crippen molar-refractivity contribution >= 4 is 23.3 Å². The second kappa shape index (κ2) is 8.90. The van der Waals surface area contributed by atoms with Gasteiger partial charge in [0.05, 0.1) is 17.1 Å². The standard InChI is InChI=1S/C17H24ClF3N4O/c1-3-4-12(2)23-15(26)11-24-5-7-25(8-6-24)16-14(18)9-13(10-22-16)17(19,20)21/h9-10,12H,3-8,11H2,1-2H3,(H,23,26)/t12-/m0/s1. The van der Waals surface area contributed by atoms with Gasteiger partial charge in [-0.2, -0.15) is 13.2 Å². The van der Waals surface area contributed by atoms with Crippen LogP contribution in [0.2, 0.25) is 5.02 Å². The molecule has 0 spiro atoms. The molecule has 9 heteroatoms. The highest BCUT2D eigenvalue weighted by atomic mass is 35.5. The molecule has 1 fully saturated rings. The fraction of sp³-hybridized carbons (Fsp3) is 0.647. The minimum atomic E-state index is -4.46. The minimum absolute atomic E-state index is 0.00918. The topological polar surface area (TPSA) is 48.5 Å². The zero-order chi connectivity index (χ0) is 19.3. The van der Waals surface area contributed by atoms with Gasteiger partial charge < -0.3 is 10.2 Å². The summed E-state index contributed by atoms with van der Waals surface area (Å²) >= 11 is 5.99. The molecule has 5 nitrogen and oxygen atoms in total. The summed E-state index contributed by atoms with van der Waals surface area (Å²) in [6.45, 7) is 6.71. The zero-order valence-corrected chi connectivity index (χ0v) is 15.7. The molecule has 0 aromatic carbocycles. The van der Waals surface area contributed by atoms with Crippen LogP contribution in [-0.4, -0.2) is 54.6 Å². The van der Waals surface area contributed by atoms with Crippen LogP contribution in [0.1, 0.15) is 32.3 Å². The van der Waals surface area contributed by atoms with Crippen LogP contribution in [0.25, 0.3) is 0 Å². The van der Waals surface area contributed by atoms with Gasteiger partial charge in [-0.1, -0.05) is 24.9 Å². The molecule has 0 unspecified atom stereocenters. The van der Waals surface area contributed by atoms with Crippen LogP contribution < -0.4 is 10.2 Å². The van der Waals surface area contributed by atoms with E-state index in [0.717, 1.165) is 25.1 Å². The molecule has 1 saturated heterocycles. The van der Waals surface area contributed by atoms with Gasteiger partial charge in [0.1, 0.15) is 5.82 Å². The number of alkyl halides is 3. The van der Waals surface area contributed by atoms with Crippen LogP contribution in [0.3, 0.4) is 0 Å². The third-order valence-corrected chi connectivity index (χ3v) is 4.60. The lowest BCUT2D eigenvalue weighted by Gasteiger charge is -2.35. The van der Waals surface area contributed by atoms with Crippen LogP contribution in [0, 0.1) is 0 Å². The van der Waals surface area contributed by atoms with Gasteiger partial charge >= 0.3 is 6.18 Å². The van der Waals surface area contributed by atoms with E-state index in [1.807, 2.05) is 16.7 Å². The first kappa shape index (κ1) is 20.8. The lowest BCUT2D eigenvalue weighted by molar-refractivity contribution is -0.137. The van der Waals surface area contributed by atoms with Gasteiger partial charge in [-0.05, 0) is 19.4 Å². The number of hydrogen-bond acceptors (Lipinski definition) is 4. The molecule has 1 aliphatic rings. The van der Waals surface area contributed by atoms with Gasteiger partial charge in [0, 0.05) is 38.4 Å². The van der Waals surface area contributed by atoms with Crippen molar-refractivity contribution in [2.75, 3.05) is 37.6 Å². The van der Waals surface area contributed by atoms with Crippen LogP contribution in [0.5, 0.6) is 0 Å². The molecule has 26 heavy (non-hydrogen) atoms. The first-order valence-electron chi connectivity index (χ1n) is 8.70. The van der Waals surface area contributed by atoms with Crippen molar-refractivity contribution in [2.24, 2.45) is 0 Å². The van der Waals surface area contributed by atoms with Crippen molar-refractivity contribution in [3.8, 4) is 0 Å². The van der Waals surface area contributed by atoms with E-state index in [1.54, 1.807) is 0 Å². The van der Waals surface area contributed by atoms with Crippen LogP contribution >= 0.6 is 11.6 Å². The maximum Gasteiger partial charge on any atom is 0.417 e. The zero-order valence-electron chi connectivity index (χ0n) is 14.9. The van der Waals surface area contributed by atoms with Gasteiger partial charge in [-0.25, -0.2) is 4.98 Å². The predicted molar refractivity (Wildman–Crippen MR) is 95.4 cm³/mol. The van der Waals surface area contributed by atoms with E-state index in [1.165, 1.54) is 0 Å². The first-order chi connectivity index (χ1) is 12.2. The number of amides is 1. The molecule has 1 atom stereocenters. The molecule has 0 bridgehead atoms. The molecule has 0 aliphatic carbocycles. The average molecular weight is 393 g/mol. The number of carbonyl (C=O) groups excluding carboxylic acids is 1. The number of pyridine rings is 1. The summed E-state index contributed by atoms with van der Waals surface area (Å²) in [4.78, 5) is 19.8. The quantitative estimate of drug-likeness (QED) is 0.807. The first-order valence-corrected chi connectivity index (χ1v) is 9.08.